The summed E-state index contributed by atoms with van der Waals surface area (Å²) in [6.45, 7) is 3.24. The van der Waals surface area contributed by atoms with E-state index in [0.717, 1.165) is 0 Å². The Labute approximate surface area is 101 Å². The first-order valence-electron chi connectivity index (χ1n) is 5.29. The average Bonchev–Trinajstić information content (AvgIpc) is 2.27. The molecule has 0 aromatic heterocycles. The van der Waals surface area contributed by atoms with Crippen LogP contribution in [0, 0.1) is 0 Å². The number of hydrogen-bond donors (Lipinski definition) is 3. The Morgan fingerprint density at radius 3 is 2.00 bits per heavy atom. The number of hydrogen-bond acceptors (Lipinski definition) is 4. The van der Waals surface area contributed by atoms with E-state index in [-0.39, 0.29) is 5.91 Å². The van der Waals surface area contributed by atoms with Crippen molar-refractivity contribution in [3.63, 3.8) is 0 Å². The van der Waals surface area contributed by atoms with E-state index < -0.39 is 24.0 Å². The third-order valence-corrected chi connectivity index (χ3v) is 2.17. The van der Waals surface area contributed by atoms with Gasteiger partial charge in [0.2, 0.25) is 11.8 Å². The van der Waals surface area contributed by atoms with Crippen molar-refractivity contribution in [3.8, 4) is 0 Å². The van der Waals surface area contributed by atoms with Gasteiger partial charge in [0.05, 0.1) is 12.1 Å². The van der Waals surface area contributed by atoms with Gasteiger partial charge < -0.3 is 10.2 Å². The molecule has 3 N–H and O–H groups in total. The summed E-state index contributed by atoms with van der Waals surface area (Å²) in [6.07, 6.45) is 0. The Hall–Kier alpha value is -1.63. The Bertz CT molecular complexity index is 304. The van der Waals surface area contributed by atoms with Crippen molar-refractivity contribution in [1.82, 2.24) is 20.9 Å². The molecule has 0 fully saturated rings. The van der Waals surface area contributed by atoms with Crippen molar-refractivity contribution in [1.29, 1.82) is 0 Å². The molecule has 0 aliphatic heterocycles. The molecular formula is C10H20N4O3. The normalized spacial score (nSPS) is 13.5. The van der Waals surface area contributed by atoms with E-state index in [2.05, 4.69) is 16.0 Å². The van der Waals surface area contributed by atoms with Crippen LogP contribution in [0.3, 0.4) is 0 Å². The van der Waals surface area contributed by atoms with E-state index in [1.54, 1.807) is 27.9 Å². The van der Waals surface area contributed by atoms with Gasteiger partial charge in [-0.1, -0.05) is 0 Å². The van der Waals surface area contributed by atoms with Gasteiger partial charge in [0.25, 0.3) is 0 Å². The lowest BCUT2D eigenvalue weighted by atomic mass is 10.2. The van der Waals surface area contributed by atoms with Crippen LogP contribution in [0.5, 0.6) is 0 Å². The molecule has 0 saturated heterocycles. The largest absolute Gasteiger partial charge is 0.347 e. The van der Waals surface area contributed by atoms with E-state index in [4.69, 9.17) is 0 Å². The molecule has 0 spiro atoms. The molecule has 0 saturated carbocycles. The Balaban J connectivity index is 4.25. The topological polar surface area (TPSA) is 90.5 Å². The van der Waals surface area contributed by atoms with Crippen LogP contribution in [-0.4, -0.2) is 56.0 Å². The number of nitrogens with zero attached hydrogens (tertiary/aromatic N) is 1. The molecule has 0 aromatic carbocycles. The smallest absolute Gasteiger partial charge is 0.321 e. The summed E-state index contributed by atoms with van der Waals surface area (Å²) in [7, 11) is 4.68. The molecule has 0 radical (unpaired) electrons. The Kier molecular flexibility index (Phi) is 6.19. The Morgan fingerprint density at radius 1 is 1.06 bits per heavy atom. The van der Waals surface area contributed by atoms with Gasteiger partial charge in [0.1, 0.15) is 0 Å². The van der Waals surface area contributed by atoms with Gasteiger partial charge in [-0.05, 0) is 13.8 Å². The standard InChI is InChI=1S/C10H20N4O3/c1-6(8(15)13-10(17)11-3)12-7(2)9(16)14(4)5/h6-7,12H,1-5H3,(H2,11,13,15,17). The maximum absolute atomic E-state index is 11.5. The summed E-state index contributed by atoms with van der Waals surface area (Å²) in [4.78, 5) is 35.4. The highest BCUT2D eigenvalue weighted by atomic mass is 16.2. The van der Waals surface area contributed by atoms with Crippen LogP contribution in [-0.2, 0) is 9.59 Å². The molecule has 0 aromatic rings. The second-order valence-electron chi connectivity index (χ2n) is 3.91. The van der Waals surface area contributed by atoms with Crippen molar-refractivity contribution in [2.75, 3.05) is 21.1 Å². The highest BCUT2D eigenvalue weighted by Gasteiger charge is 2.21. The maximum atomic E-state index is 11.5. The summed E-state index contributed by atoms with van der Waals surface area (Å²) < 4.78 is 0. The molecule has 0 heterocycles. The van der Waals surface area contributed by atoms with Crippen LogP contribution in [0.25, 0.3) is 0 Å². The lowest BCUT2D eigenvalue weighted by molar-refractivity contribution is -0.131. The highest BCUT2D eigenvalue weighted by molar-refractivity contribution is 5.97. The van der Waals surface area contributed by atoms with Crippen LogP contribution >= 0.6 is 0 Å². The first-order chi connectivity index (χ1) is 7.79. The Morgan fingerprint density at radius 2 is 1.59 bits per heavy atom. The summed E-state index contributed by atoms with van der Waals surface area (Å²) in [5.74, 6) is -0.618. The highest BCUT2D eigenvalue weighted by Crippen LogP contribution is 1.92. The fourth-order valence-corrected chi connectivity index (χ4v) is 1.19. The zero-order valence-electron chi connectivity index (χ0n) is 10.8. The van der Waals surface area contributed by atoms with Crippen LogP contribution in [0.4, 0.5) is 4.79 Å². The van der Waals surface area contributed by atoms with Gasteiger partial charge in [-0.3, -0.25) is 20.2 Å². The van der Waals surface area contributed by atoms with E-state index >= 15 is 0 Å². The van der Waals surface area contributed by atoms with Gasteiger partial charge >= 0.3 is 6.03 Å². The van der Waals surface area contributed by atoms with Crippen LogP contribution in [0.1, 0.15) is 13.8 Å². The van der Waals surface area contributed by atoms with Crippen molar-refractivity contribution in [3.05, 3.63) is 0 Å². The predicted molar refractivity (Wildman–Crippen MR) is 63.4 cm³/mol. The van der Waals surface area contributed by atoms with Crippen LogP contribution < -0.4 is 16.0 Å². The lowest BCUT2D eigenvalue weighted by Crippen LogP contribution is -2.52. The lowest BCUT2D eigenvalue weighted by Gasteiger charge is -2.21. The molecule has 0 aliphatic rings. The summed E-state index contributed by atoms with van der Waals surface area (Å²) >= 11 is 0. The zero-order chi connectivity index (χ0) is 13.6. The van der Waals surface area contributed by atoms with E-state index in [9.17, 15) is 14.4 Å². The zero-order valence-corrected chi connectivity index (χ0v) is 10.8. The van der Waals surface area contributed by atoms with E-state index in [1.165, 1.54) is 11.9 Å². The fraction of sp³-hybridized carbons (Fsp3) is 0.700. The first-order valence-corrected chi connectivity index (χ1v) is 5.29. The molecule has 0 bridgehead atoms. The van der Waals surface area contributed by atoms with E-state index in [0.29, 0.717) is 0 Å². The van der Waals surface area contributed by atoms with Gasteiger partial charge in [-0.15, -0.1) is 0 Å². The monoisotopic (exact) mass is 244 g/mol. The summed E-state index contributed by atoms with van der Waals surface area (Å²) in [5.41, 5.74) is 0. The summed E-state index contributed by atoms with van der Waals surface area (Å²) in [5, 5.41) is 7.20. The number of carbonyl (C=O) groups excluding carboxylic acids is 3. The number of nitrogens with one attached hydrogen (secondary N) is 3. The third kappa shape index (κ3) is 5.30. The fourth-order valence-electron chi connectivity index (χ4n) is 1.19. The molecule has 2 atom stereocenters. The maximum Gasteiger partial charge on any atom is 0.321 e. The molecule has 4 amide bonds. The SMILES string of the molecule is CNC(=O)NC(=O)C(C)NC(C)C(=O)N(C)C. The quantitative estimate of drug-likeness (QED) is 0.585. The summed E-state index contributed by atoms with van der Waals surface area (Å²) in [6, 6.07) is -1.70. The van der Waals surface area contributed by atoms with Gasteiger partial charge in [-0.25, -0.2) is 4.79 Å². The van der Waals surface area contributed by atoms with Crippen molar-refractivity contribution >= 4 is 17.8 Å². The molecule has 0 aliphatic carbocycles. The predicted octanol–water partition coefficient (Wildman–Crippen LogP) is -1.10. The first kappa shape index (κ1) is 15.4. The minimum Gasteiger partial charge on any atom is -0.347 e. The number of urea groups is 1. The molecular weight excluding hydrogens is 224 g/mol. The molecule has 2 unspecified atom stereocenters. The van der Waals surface area contributed by atoms with Gasteiger partial charge in [0, 0.05) is 21.1 Å². The molecule has 7 nitrogen and oxygen atoms in total. The van der Waals surface area contributed by atoms with Crippen molar-refractivity contribution in [2.24, 2.45) is 0 Å². The number of likely N-dealkylation sites (N-methyl/N-ethyl adjacent to an activating group) is 1. The van der Waals surface area contributed by atoms with Crippen molar-refractivity contribution < 1.29 is 14.4 Å². The molecule has 7 heteroatoms. The van der Waals surface area contributed by atoms with Crippen molar-refractivity contribution in [2.45, 2.75) is 25.9 Å². The number of carbonyl (C=O) groups is 3. The number of imide groups is 1. The molecule has 0 rings (SSSR count). The minimum absolute atomic E-state index is 0.135. The third-order valence-electron chi connectivity index (χ3n) is 2.17. The number of amides is 4. The minimum atomic E-state index is -0.633. The average molecular weight is 244 g/mol. The molecule has 17 heavy (non-hydrogen) atoms. The van der Waals surface area contributed by atoms with Crippen LogP contribution in [0.15, 0.2) is 0 Å². The second kappa shape index (κ2) is 6.85. The number of rotatable bonds is 4. The van der Waals surface area contributed by atoms with Gasteiger partial charge in [-0.2, -0.15) is 0 Å². The molecule has 98 valence electrons. The van der Waals surface area contributed by atoms with Gasteiger partial charge in [0.15, 0.2) is 0 Å². The van der Waals surface area contributed by atoms with Crippen LogP contribution in [0.2, 0.25) is 0 Å². The van der Waals surface area contributed by atoms with E-state index in [1.807, 2.05) is 0 Å². The second-order valence-corrected chi connectivity index (χ2v) is 3.91.